The van der Waals surface area contributed by atoms with Gasteiger partial charge in [-0.25, -0.2) is 4.98 Å². The van der Waals surface area contributed by atoms with E-state index in [1.54, 1.807) is 12.0 Å². The van der Waals surface area contributed by atoms with Gasteiger partial charge in [-0.1, -0.05) is 38.7 Å². The van der Waals surface area contributed by atoms with Crippen LogP contribution >= 0.6 is 23.1 Å². The topological polar surface area (TPSA) is 42.4 Å². The van der Waals surface area contributed by atoms with Crippen molar-refractivity contribution in [3.63, 3.8) is 0 Å². The third-order valence-electron chi connectivity index (χ3n) is 6.08. The molecule has 0 radical (unpaired) electrons. The van der Waals surface area contributed by atoms with Gasteiger partial charge < -0.3 is 4.74 Å². The third kappa shape index (κ3) is 6.06. The Bertz CT molecular complexity index is 1050. The second-order valence-corrected chi connectivity index (χ2v) is 10.3. The molecule has 6 heteroatoms. The Morgan fingerprint density at radius 2 is 1.88 bits per heavy atom. The molecule has 172 valence electrons. The molecule has 0 saturated heterocycles. The number of thiazole rings is 1. The quantitative estimate of drug-likeness (QED) is 0.233. The number of amides is 1. The molecule has 1 aliphatic rings. The average molecular weight is 479 g/mol. The van der Waals surface area contributed by atoms with Crippen LogP contribution in [0.4, 0.5) is 10.8 Å². The van der Waals surface area contributed by atoms with Crippen molar-refractivity contribution in [2.24, 2.45) is 5.92 Å². The number of thioether (sulfide) groups is 1. The Kier molecular flexibility index (Phi) is 8.24. The second-order valence-electron chi connectivity index (χ2n) is 8.26. The second kappa shape index (κ2) is 11.5. The molecule has 0 bridgehead atoms. The minimum atomic E-state index is -0.191. The first-order valence-corrected chi connectivity index (χ1v) is 13.3. The van der Waals surface area contributed by atoms with Gasteiger partial charge in [0.2, 0.25) is 0 Å². The van der Waals surface area contributed by atoms with Crippen molar-refractivity contribution in [1.82, 2.24) is 4.98 Å². The molecule has 1 heterocycles. The van der Waals surface area contributed by atoms with E-state index in [0.717, 1.165) is 34.4 Å². The van der Waals surface area contributed by atoms with Crippen molar-refractivity contribution in [2.75, 3.05) is 17.8 Å². The van der Waals surface area contributed by atoms with Crippen LogP contribution < -0.4 is 9.64 Å². The van der Waals surface area contributed by atoms with Gasteiger partial charge in [-0.05, 0) is 72.7 Å². The van der Waals surface area contributed by atoms with Crippen molar-refractivity contribution in [2.45, 2.75) is 43.4 Å². The van der Waals surface area contributed by atoms with Crippen molar-refractivity contribution in [1.29, 1.82) is 0 Å². The van der Waals surface area contributed by atoms with Crippen LogP contribution in [0.2, 0.25) is 0 Å². The van der Waals surface area contributed by atoms with E-state index in [1.165, 1.54) is 60.8 Å². The molecule has 0 N–H and O–H groups in total. The maximum atomic E-state index is 12.7. The highest BCUT2D eigenvalue weighted by Crippen LogP contribution is 2.34. The van der Waals surface area contributed by atoms with E-state index in [4.69, 9.17) is 9.72 Å². The largest absolute Gasteiger partial charge is 0.497 e. The molecule has 33 heavy (non-hydrogen) atoms. The van der Waals surface area contributed by atoms with E-state index in [1.807, 2.05) is 53.5 Å². The highest BCUT2D eigenvalue weighted by molar-refractivity contribution is 7.99. The zero-order chi connectivity index (χ0) is 23.0. The van der Waals surface area contributed by atoms with Crippen LogP contribution in [-0.2, 0) is 4.79 Å². The van der Waals surface area contributed by atoms with Crippen LogP contribution in [0.5, 0.6) is 5.75 Å². The van der Waals surface area contributed by atoms with Gasteiger partial charge in [-0.15, -0.1) is 23.1 Å². The van der Waals surface area contributed by atoms with Gasteiger partial charge in [0.05, 0.1) is 18.5 Å². The Morgan fingerprint density at radius 1 is 1.15 bits per heavy atom. The minimum absolute atomic E-state index is 0.191. The zero-order valence-corrected chi connectivity index (χ0v) is 20.7. The molecule has 4 nitrogen and oxygen atoms in total. The van der Waals surface area contributed by atoms with Crippen LogP contribution in [-0.4, -0.2) is 23.8 Å². The summed E-state index contributed by atoms with van der Waals surface area (Å²) >= 11 is 3.35. The summed E-state index contributed by atoms with van der Waals surface area (Å²) in [6, 6.07) is 16.0. The van der Waals surface area contributed by atoms with Gasteiger partial charge in [0.1, 0.15) is 5.75 Å². The van der Waals surface area contributed by atoms with E-state index in [9.17, 15) is 4.79 Å². The first kappa shape index (κ1) is 23.6. The summed E-state index contributed by atoms with van der Waals surface area (Å²) in [6.45, 7) is 3.69. The average Bonchev–Trinajstić information content (AvgIpc) is 3.35. The van der Waals surface area contributed by atoms with E-state index in [-0.39, 0.29) is 5.91 Å². The lowest BCUT2D eigenvalue weighted by atomic mass is 9.88. The van der Waals surface area contributed by atoms with Crippen molar-refractivity contribution in [3.8, 4) is 17.0 Å². The molecule has 4 rings (SSSR count). The Hall–Kier alpha value is -2.57. The number of aromatic nitrogens is 1. The van der Waals surface area contributed by atoms with Gasteiger partial charge in [-0.2, -0.15) is 0 Å². The number of methoxy groups -OCH3 is 1. The van der Waals surface area contributed by atoms with Gasteiger partial charge in [0.25, 0.3) is 5.91 Å². The van der Waals surface area contributed by atoms with E-state index >= 15 is 0 Å². The van der Waals surface area contributed by atoms with E-state index in [2.05, 4.69) is 18.7 Å². The molecule has 0 unspecified atom stereocenters. The number of carbonyl (C=O) groups is 1. The lowest BCUT2D eigenvalue weighted by Crippen LogP contribution is -2.23. The summed E-state index contributed by atoms with van der Waals surface area (Å²) in [7, 11) is 1.65. The predicted molar refractivity (Wildman–Crippen MR) is 140 cm³/mol. The van der Waals surface area contributed by atoms with Crippen molar-refractivity contribution in [3.05, 3.63) is 66.6 Å². The molecule has 1 saturated carbocycles. The number of benzene rings is 2. The first-order valence-electron chi connectivity index (χ1n) is 11.5. The van der Waals surface area contributed by atoms with Crippen LogP contribution in [0.25, 0.3) is 11.3 Å². The monoisotopic (exact) mass is 478 g/mol. The van der Waals surface area contributed by atoms with Crippen LogP contribution in [0.3, 0.4) is 0 Å². The molecule has 1 aromatic heterocycles. The molecule has 0 spiro atoms. The number of hydrogen-bond acceptors (Lipinski definition) is 5. The summed E-state index contributed by atoms with van der Waals surface area (Å²) in [5.74, 6) is 2.66. The SMILES string of the molecule is C=CC(=O)N(c1ccc(SCCC2CCCCC2)cc1)c1nc(-c2ccc(OC)cc2)cs1. The number of hydrogen-bond donors (Lipinski definition) is 0. The van der Waals surface area contributed by atoms with E-state index < -0.39 is 0 Å². The number of anilines is 2. The summed E-state index contributed by atoms with van der Waals surface area (Å²) in [5.41, 5.74) is 2.61. The maximum absolute atomic E-state index is 12.7. The maximum Gasteiger partial charge on any atom is 0.256 e. The lowest BCUT2D eigenvalue weighted by Gasteiger charge is -2.21. The number of rotatable bonds is 9. The molecule has 0 atom stereocenters. The fourth-order valence-electron chi connectivity index (χ4n) is 4.20. The Morgan fingerprint density at radius 3 is 2.55 bits per heavy atom. The third-order valence-corrected chi connectivity index (χ3v) is 7.95. The number of carbonyl (C=O) groups excluding carboxylic acids is 1. The van der Waals surface area contributed by atoms with Crippen LogP contribution in [0, 0.1) is 5.92 Å². The lowest BCUT2D eigenvalue weighted by molar-refractivity contribution is -0.113. The minimum Gasteiger partial charge on any atom is -0.497 e. The summed E-state index contributed by atoms with van der Waals surface area (Å²) in [6.07, 6.45) is 9.62. The van der Waals surface area contributed by atoms with Gasteiger partial charge in [0, 0.05) is 15.8 Å². The number of nitrogens with zero attached hydrogens (tertiary/aromatic N) is 2. The zero-order valence-electron chi connectivity index (χ0n) is 19.0. The normalized spacial score (nSPS) is 14.1. The molecule has 1 amide bonds. The fourth-order valence-corrected chi connectivity index (χ4v) is 6.07. The molecule has 2 aromatic carbocycles. The highest BCUT2D eigenvalue weighted by Gasteiger charge is 2.20. The van der Waals surface area contributed by atoms with Crippen LogP contribution in [0.15, 0.2) is 71.5 Å². The highest BCUT2D eigenvalue weighted by atomic mass is 32.2. The smallest absolute Gasteiger partial charge is 0.256 e. The van der Waals surface area contributed by atoms with Crippen LogP contribution in [0.1, 0.15) is 38.5 Å². The first-order chi connectivity index (χ1) is 16.2. The van der Waals surface area contributed by atoms with E-state index in [0.29, 0.717) is 5.13 Å². The molecule has 0 aliphatic heterocycles. The fraction of sp³-hybridized carbons (Fsp3) is 0.333. The van der Waals surface area contributed by atoms with Crippen molar-refractivity contribution >= 4 is 39.8 Å². The molecule has 1 aliphatic carbocycles. The van der Waals surface area contributed by atoms with Gasteiger partial charge in [-0.3, -0.25) is 9.69 Å². The Labute approximate surface area is 204 Å². The van der Waals surface area contributed by atoms with Gasteiger partial charge >= 0.3 is 0 Å². The standard InChI is InChI=1S/C27H30N2O2S2/c1-3-26(30)29(27-28-25(19-33-27)21-9-13-23(31-2)14-10-21)22-11-15-24(16-12-22)32-18-17-20-7-5-4-6-8-20/h3,9-16,19-20H,1,4-8,17-18H2,2H3. The predicted octanol–water partition coefficient (Wildman–Crippen LogP) is 7.73. The van der Waals surface area contributed by atoms with Crippen molar-refractivity contribution < 1.29 is 9.53 Å². The summed E-state index contributed by atoms with van der Waals surface area (Å²) in [4.78, 5) is 20.3. The number of ether oxygens (including phenoxy) is 1. The summed E-state index contributed by atoms with van der Waals surface area (Å²) in [5, 5.41) is 2.60. The molecular weight excluding hydrogens is 448 g/mol. The van der Waals surface area contributed by atoms with Gasteiger partial charge in [0.15, 0.2) is 5.13 Å². The Balaban J connectivity index is 1.45. The molecule has 1 fully saturated rings. The molecule has 3 aromatic rings. The molecular formula is C27H30N2O2S2. The summed E-state index contributed by atoms with van der Waals surface area (Å²) < 4.78 is 5.23.